The molecule has 0 aliphatic heterocycles. The molecule has 1 rings (SSSR count). The first kappa shape index (κ1) is 22.6. The van der Waals surface area contributed by atoms with Gasteiger partial charge in [-0.05, 0) is 47.2 Å². The van der Waals surface area contributed by atoms with Gasteiger partial charge in [0.05, 0.1) is 12.6 Å². The van der Waals surface area contributed by atoms with Gasteiger partial charge in [0.25, 0.3) is 0 Å². The van der Waals surface area contributed by atoms with E-state index < -0.39 is 0 Å². The highest BCUT2D eigenvalue weighted by atomic mass is 16.1. The van der Waals surface area contributed by atoms with Crippen LogP contribution in [0.5, 0.6) is 0 Å². The monoisotopic (exact) mass is 309 g/mol. The van der Waals surface area contributed by atoms with E-state index in [0.717, 1.165) is 31.1 Å². The third-order valence-corrected chi connectivity index (χ3v) is 2.41. The van der Waals surface area contributed by atoms with Crippen molar-refractivity contribution in [1.29, 1.82) is 5.26 Å². The molecule has 0 fully saturated rings. The van der Waals surface area contributed by atoms with Crippen LogP contribution in [0.25, 0.3) is 0 Å². The maximum atomic E-state index is 11.3. The minimum Gasteiger partial charge on any atom is -0.350 e. The maximum absolute atomic E-state index is 11.3. The van der Waals surface area contributed by atoms with Crippen LogP contribution in [0.1, 0.15) is 47.0 Å². The molecule has 0 spiro atoms. The number of amides is 1. The molecule has 0 saturated carbocycles. The first-order chi connectivity index (χ1) is 10.2. The number of carbonyl (C=O) groups excluding carboxylic acids is 2. The van der Waals surface area contributed by atoms with Crippen molar-refractivity contribution in [3.05, 3.63) is 11.6 Å². The Morgan fingerprint density at radius 1 is 1.41 bits per heavy atom. The molecule has 0 heterocycles. The number of hydrogen-bond acceptors (Lipinski definition) is 4. The predicted molar refractivity (Wildman–Crippen MR) is 90.3 cm³/mol. The standard InChI is InChI=1S/C9H15NO.C4H8N2.C4H8O/c1-7(2)10-9(11)8-5-3-4-6-8;1-6(2)4-3-5;1-4(2)3-5/h5,7H,3-4,6H2,1-2H3,(H,10,11);4H2,1-2H3;3-4H,1-2H3. The number of nitrogens with zero attached hydrogens (tertiary/aromatic N) is 2. The van der Waals surface area contributed by atoms with Gasteiger partial charge < -0.3 is 10.1 Å². The van der Waals surface area contributed by atoms with Gasteiger partial charge in [0, 0.05) is 17.5 Å². The van der Waals surface area contributed by atoms with Crippen molar-refractivity contribution in [3.8, 4) is 6.07 Å². The molecule has 0 bridgehead atoms. The Kier molecular flexibility index (Phi) is 14.7. The molecular formula is C17H31N3O2. The minimum absolute atomic E-state index is 0.123. The summed E-state index contributed by atoms with van der Waals surface area (Å²) in [6.45, 7) is 8.18. The lowest BCUT2D eigenvalue weighted by Crippen LogP contribution is -2.30. The largest absolute Gasteiger partial charge is 0.350 e. The summed E-state index contributed by atoms with van der Waals surface area (Å²) in [6.07, 6.45) is 6.12. The highest BCUT2D eigenvalue weighted by molar-refractivity contribution is 5.93. The third-order valence-electron chi connectivity index (χ3n) is 2.41. The molecule has 5 nitrogen and oxygen atoms in total. The number of aldehydes is 1. The fourth-order valence-electron chi connectivity index (χ4n) is 1.37. The van der Waals surface area contributed by atoms with Crippen molar-refractivity contribution in [3.63, 3.8) is 0 Å². The van der Waals surface area contributed by atoms with Gasteiger partial charge in [-0.1, -0.05) is 19.9 Å². The average Bonchev–Trinajstić information content (AvgIpc) is 2.93. The van der Waals surface area contributed by atoms with Crippen molar-refractivity contribution < 1.29 is 9.59 Å². The SMILES string of the molecule is CC(C)C=O.CC(C)NC(=O)C1=CCCC1.CN(C)CC#N. The van der Waals surface area contributed by atoms with Crippen molar-refractivity contribution in [2.24, 2.45) is 5.92 Å². The molecule has 0 unspecified atom stereocenters. The Morgan fingerprint density at radius 3 is 2.18 bits per heavy atom. The number of hydrogen-bond donors (Lipinski definition) is 1. The summed E-state index contributed by atoms with van der Waals surface area (Å²) in [7, 11) is 3.73. The van der Waals surface area contributed by atoms with E-state index >= 15 is 0 Å². The van der Waals surface area contributed by atoms with Gasteiger partial charge in [0.2, 0.25) is 5.91 Å². The van der Waals surface area contributed by atoms with Crippen LogP contribution in [0.15, 0.2) is 11.6 Å². The zero-order valence-electron chi connectivity index (χ0n) is 14.8. The van der Waals surface area contributed by atoms with Gasteiger partial charge in [-0.3, -0.25) is 9.69 Å². The molecule has 0 radical (unpaired) electrons. The Balaban J connectivity index is 0. The van der Waals surface area contributed by atoms with E-state index in [0.29, 0.717) is 6.54 Å². The van der Waals surface area contributed by atoms with E-state index in [4.69, 9.17) is 5.26 Å². The second-order valence-corrected chi connectivity index (χ2v) is 6.03. The number of rotatable bonds is 4. The van der Waals surface area contributed by atoms with E-state index in [1.165, 1.54) is 0 Å². The molecule has 1 aliphatic carbocycles. The first-order valence-electron chi connectivity index (χ1n) is 7.71. The quantitative estimate of drug-likeness (QED) is 0.640. The highest BCUT2D eigenvalue weighted by Crippen LogP contribution is 2.17. The number of carbonyl (C=O) groups is 2. The molecule has 1 N–H and O–H groups in total. The fraction of sp³-hybridized carbons (Fsp3) is 0.706. The highest BCUT2D eigenvalue weighted by Gasteiger charge is 2.12. The zero-order chi connectivity index (χ0) is 17.5. The summed E-state index contributed by atoms with van der Waals surface area (Å²) in [6, 6.07) is 2.25. The van der Waals surface area contributed by atoms with Gasteiger partial charge in [0.15, 0.2) is 0 Å². The van der Waals surface area contributed by atoms with Crippen molar-refractivity contribution >= 4 is 12.2 Å². The molecule has 22 heavy (non-hydrogen) atoms. The molecule has 0 aromatic heterocycles. The van der Waals surface area contributed by atoms with Gasteiger partial charge in [0.1, 0.15) is 6.29 Å². The summed E-state index contributed by atoms with van der Waals surface area (Å²) < 4.78 is 0. The second kappa shape index (κ2) is 14.3. The lowest BCUT2D eigenvalue weighted by Gasteiger charge is -2.07. The van der Waals surface area contributed by atoms with Gasteiger partial charge in [-0.2, -0.15) is 5.26 Å². The summed E-state index contributed by atoms with van der Waals surface area (Å²) >= 11 is 0. The van der Waals surface area contributed by atoms with Crippen LogP contribution in [-0.4, -0.2) is 43.8 Å². The minimum atomic E-state index is 0.123. The fourth-order valence-corrected chi connectivity index (χ4v) is 1.37. The van der Waals surface area contributed by atoms with Crippen LogP contribution in [0.4, 0.5) is 0 Å². The molecule has 1 amide bonds. The van der Waals surface area contributed by atoms with Crippen molar-refractivity contribution in [1.82, 2.24) is 10.2 Å². The molecule has 126 valence electrons. The Morgan fingerprint density at radius 2 is 1.95 bits per heavy atom. The van der Waals surface area contributed by atoms with Crippen LogP contribution in [-0.2, 0) is 9.59 Å². The Hall–Kier alpha value is -1.67. The second-order valence-electron chi connectivity index (χ2n) is 6.03. The van der Waals surface area contributed by atoms with Crippen LogP contribution >= 0.6 is 0 Å². The summed E-state index contributed by atoms with van der Waals surface area (Å²) in [5, 5.41) is 10.8. The summed E-state index contributed by atoms with van der Waals surface area (Å²) in [4.78, 5) is 22.6. The Labute approximate surface area is 135 Å². The number of nitrogens with one attached hydrogen (secondary N) is 1. The molecule has 1 aliphatic rings. The first-order valence-corrected chi connectivity index (χ1v) is 7.71. The van der Waals surface area contributed by atoms with Crippen LogP contribution in [0, 0.1) is 17.2 Å². The van der Waals surface area contributed by atoms with Crippen molar-refractivity contribution in [2.45, 2.75) is 53.0 Å². The molecule has 0 atom stereocenters. The molecule has 0 aromatic rings. The summed E-state index contributed by atoms with van der Waals surface area (Å²) in [5.41, 5.74) is 0.971. The van der Waals surface area contributed by atoms with Crippen LogP contribution in [0.2, 0.25) is 0 Å². The smallest absolute Gasteiger partial charge is 0.247 e. The number of nitriles is 1. The van der Waals surface area contributed by atoms with Crippen LogP contribution < -0.4 is 5.32 Å². The van der Waals surface area contributed by atoms with E-state index in [9.17, 15) is 9.59 Å². The van der Waals surface area contributed by atoms with Crippen molar-refractivity contribution in [2.75, 3.05) is 20.6 Å². The topological polar surface area (TPSA) is 73.2 Å². The van der Waals surface area contributed by atoms with Crippen LogP contribution in [0.3, 0.4) is 0 Å². The van der Waals surface area contributed by atoms with E-state index in [2.05, 4.69) is 5.32 Å². The predicted octanol–water partition coefficient (Wildman–Crippen LogP) is 2.53. The van der Waals surface area contributed by atoms with Gasteiger partial charge in [-0.25, -0.2) is 0 Å². The third kappa shape index (κ3) is 16.4. The van der Waals surface area contributed by atoms with E-state index in [1.54, 1.807) is 0 Å². The van der Waals surface area contributed by atoms with E-state index in [-0.39, 0.29) is 17.9 Å². The molecule has 0 saturated heterocycles. The average molecular weight is 309 g/mol. The maximum Gasteiger partial charge on any atom is 0.247 e. The van der Waals surface area contributed by atoms with E-state index in [1.807, 2.05) is 58.8 Å². The lowest BCUT2D eigenvalue weighted by molar-refractivity contribution is -0.118. The summed E-state index contributed by atoms with van der Waals surface area (Å²) in [5.74, 6) is 0.326. The molecule has 0 aromatic carbocycles. The zero-order valence-corrected chi connectivity index (χ0v) is 14.8. The normalized spacial score (nSPS) is 12.6. The lowest BCUT2D eigenvalue weighted by atomic mass is 10.2. The van der Waals surface area contributed by atoms with Gasteiger partial charge in [-0.15, -0.1) is 0 Å². The number of allylic oxidation sites excluding steroid dienone is 1. The van der Waals surface area contributed by atoms with Gasteiger partial charge >= 0.3 is 0 Å². The molecule has 5 heteroatoms. The Bertz CT molecular complexity index is 380. The molecular weight excluding hydrogens is 278 g/mol.